The predicted molar refractivity (Wildman–Crippen MR) is 69.9 cm³/mol. The Kier molecular flexibility index (Phi) is 2.47. The van der Waals surface area contributed by atoms with Crippen LogP contribution in [0.15, 0.2) is 12.1 Å². The van der Waals surface area contributed by atoms with Crippen LogP contribution in [0.25, 0.3) is 4.85 Å². The average molecular weight is 229 g/mol. The summed E-state index contributed by atoms with van der Waals surface area (Å²) in [5, 5.41) is 0. The van der Waals surface area contributed by atoms with Crippen LogP contribution in [0.3, 0.4) is 0 Å². The van der Waals surface area contributed by atoms with E-state index in [1.165, 1.54) is 5.56 Å². The summed E-state index contributed by atoms with van der Waals surface area (Å²) in [7, 11) is 0. The van der Waals surface area contributed by atoms with E-state index in [9.17, 15) is 0 Å². The van der Waals surface area contributed by atoms with Crippen LogP contribution in [-0.4, -0.2) is 6.61 Å². The van der Waals surface area contributed by atoms with E-state index < -0.39 is 0 Å². The van der Waals surface area contributed by atoms with Crippen LogP contribution in [0, 0.1) is 6.57 Å². The molecule has 1 aromatic rings. The average Bonchev–Trinajstić information content (AvgIpc) is 2.52. The summed E-state index contributed by atoms with van der Waals surface area (Å²) < 4.78 is 5.87. The van der Waals surface area contributed by atoms with Crippen molar-refractivity contribution >= 4 is 5.69 Å². The van der Waals surface area contributed by atoms with Crippen LogP contribution in [0.1, 0.15) is 45.7 Å². The highest BCUT2D eigenvalue weighted by atomic mass is 16.5. The van der Waals surface area contributed by atoms with E-state index in [-0.39, 0.29) is 10.8 Å². The second-order valence-electron chi connectivity index (χ2n) is 6.40. The Labute approximate surface area is 103 Å². The maximum absolute atomic E-state index is 7.22. The van der Waals surface area contributed by atoms with Gasteiger partial charge in [-0.1, -0.05) is 34.6 Å². The molecule has 0 amide bonds. The van der Waals surface area contributed by atoms with E-state index in [0.717, 1.165) is 11.3 Å². The molecule has 0 fully saturated rings. The van der Waals surface area contributed by atoms with Crippen molar-refractivity contribution in [1.82, 2.24) is 0 Å². The Morgan fingerprint density at radius 2 is 1.94 bits per heavy atom. The van der Waals surface area contributed by atoms with Crippen molar-refractivity contribution in [1.29, 1.82) is 0 Å². The molecule has 0 unspecified atom stereocenters. The van der Waals surface area contributed by atoms with Crippen molar-refractivity contribution in [3.05, 3.63) is 34.7 Å². The van der Waals surface area contributed by atoms with E-state index in [2.05, 4.69) is 39.5 Å². The van der Waals surface area contributed by atoms with Gasteiger partial charge in [0.15, 0.2) is 5.69 Å². The first-order valence-corrected chi connectivity index (χ1v) is 5.95. The fourth-order valence-corrected chi connectivity index (χ4v) is 2.22. The first-order valence-electron chi connectivity index (χ1n) is 5.95. The van der Waals surface area contributed by atoms with Crippen LogP contribution in [0.2, 0.25) is 0 Å². The summed E-state index contributed by atoms with van der Waals surface area (Å²) in [6, 6.07) is 3.94. The summed E-state index contributed by atoms with van der Waals surface area (Å²) in [5.74, 6) is 0.995. The number of nitrogens with zero attached hydrogens (tertiary/aromatic N) is 1. The number of benzene rings is 1. The Hall–Kier alpha value is -1.49. The Morgan fingerprint density at radius 3 is 2.47 bits per heavy atom. The first-order chi connectivity index (χ1) is 7.75. The monoisotopic (exact) mass is 229 g/mol. The molecule has 2 heteroatoms. The van der Waals surface area contributed by atoms with E-state index >= 15 is 0 Å². The molecule has 0 aliphatic carbocycles. The van der Waals surface area contributed by atoms with Crippen LogP contribution in [-0.2, 0) is 10.8 Å². The smallest absolute Gasteiger partial charge is 0.188 e. The van der Waals surface area contributed by atoms with Gasteiger partial charge in [-0.15, -0.1) is 0 Å². The van der Waals surface area contributed by atoms with Crippen molar-refractivity contribution in [3.63, 3.8) is 0 Å². The summed E-state index contributed by atoms with van der Waals surface area (Å²) in [6.07, 6.45) is 0. The molecule has 1 aromatic carbocycles. The highest BCUT2D eigenvalue weighted by Gasteiger charge is 2.35. The van der Waals surface area contributed by atoms with Gasteiger partial charge in [0.2, 0.25) is 0 Å². The van der Waals surface area contributed by atoms with Gasteiger partial charge < -0.3 is 4.74 Å². The zero-order valence-corrected chi connectivity index (χ0v) is 11.2. The molecule has 0 aromatic heterocycles. The SMILES string of the molecule is [C-]#[N+]c1cc(C(C)(C)C)c2c(c1)C(C)(C)CO2. The van der Waals surface area contributed by atoms with Crippen LogP contribution < -0.4 is 4.74 Å². The predicted octanol–water partition coefficient (Wildman–Crippen LogP) is 4.20. The van der Waals surface area contributed by atoms with E-state index in [1.807, 2.05) is 12.1 Å². The molecule has 1 heterocycles. The fraction of sp³-hybridized carbons (Fsp3) is 0.533. The van der Waals surface area contributed by atoms with Gasteiger partial charge in [0.25, 0.3) is 0 Å². The molecular weight excluding hydrogens is 210 g/mol. The molecule has 0 spiro atoms. The van der Waals surface area contributed by atoms with Gasteiger partial charge in [-0.05, 0) is 28.7 Å². The summed E-state index contributed by atoms with van der Waals surface area (Å²) in [4.78, 5) is 3.58. The molecule has 0 radical (unpaired) electrons. The minimum Gasteiger partial charge on any atom is -0.492 e. The molecule has 0 bridgehead atoms. The summed E-state index contributed by atoms with van der Waals surface area (Å²) in [6.45, 7) is 18.7. The number of hydrogen-bond acceptors (Lipinski definition) is 1. The minimum absolute atomic E-state index is 0.00516. The molecule has 0 saturated carbocycles. The lowest BCUT2D eigenvalue weighted by molar-refractivity contribution is 0.286. The summed E-state index contributed by atoms with van der Waals surface area (Å²) >= 11 is 0. The highest BCUT2D eigenvalue weighted by molar-refractivity contribution is 5.61. The van der Waals surface area contributed by atoms with E-state index in [0.29, 0.717) is 12.3 Å². The van der Waals surface area contributed by atoms with Gasteiger partial charge in [0, 0.05) is 5.41 Å². The van der Waals surface area contributed by atoms with Crippen molar-refractivity contribution in [2.75, 3.05) is 6.61 Å². The van der Waals surface area contributed by atoms with Gasteiger partial charge in [-0.25, -0.2) is 4.85 Å². The van der Waals surface area contributed by atoms with Crippen LogP contribution in [0.5, 0.6) is 5.75 Å². The van der Waals surface area contributed by atoms with Crippen molar-refractivity contribution in [2.45, 2.75) is 45.4 Å². The third-order valence-electron chi connectivity index (χ3n) is 3.32. The number of ether oxygens (including phenoxy) is 1. The second-order valence-corrected chi connectivity index (χ2v) is 6.40. The van der Waals surface area contributed by atoms with Crippen LogP contribution >= 0.6 is 0 Å². The molecule has 0 atom stereocenters. The zero-order valence-electron chi connectivity index (χ0n) is 11.2. The molecule has 2 nitrogen and oxygen atoms in total. The van der Waals surface area contributed by atoms with E-state index in [4.69, 9.17) is 11.3 Å². The maximum Gasteiger partial charge on any atom is 0.188 e. The molecular formula is C15H19NO. The molecule has 1 aliphatic rings. The Balaban J connectivity index is 2.72. The zero-order chi connectivity index (χ0) is 12.8. The lowest BCUT2D eigenvalue weighted by Crippen LogP contribution is -2.18. The van der Waals surface area contributed by atoms with Crippen molar-refractivity contribution in [3.8, 4) is 5.75 Å². The first kappa shape index (κ1) is 12.0. The Bertz CT molecular complexity index is 501. The standard InChI is InChI=1S/C15H19NO/c1-14(2,3)11-7-10(16-6)8-12-13(11)17-9-15(12,4)5/h7-8H,9H2,1-5H3. The fourth-order valence-electron chi connectivity index (χ4n) is 2.22. The number of fused-ring (bicyclic) bond motifs is 1. The van der Waals surface area contributed by atoms with Gasteiger partial charge in [0.1, 0.15) is 5.75 Å². The summed E-state index contributed by atoms with van der Waals surface area (Å²) in [5.41, 5.74) is 3.05. The van der Waals surface area contributed by atoms with Gasteiger partial charge in [-0.2, -0.15) is 0 Å². The van der Waals surface area contributed by atoms with Gasteiger partial charge in [0.05, 0.1) is 13.2 Å². The molecule has 0 N–H and O–H groups in total. The lowest BCUT2D eigenvalue weighted by Gasteiger charge is -2.23. The number of hydrogen-bond donors (Lipinski definition) is 0. The molecule has 2 rings (SSSR count). The molecule has 0 saturated heterocycles. The Morgan fingerprint density at radius 1 is 1.29 bits per heavy atom. The van der Waals surface area contributed by atoms with Crippen molar-refractivity contribution < 1.29 is 4.74 Å². The molecule has 17 heavy (non-hydrogen) atoms. The second kappa shape index (κ2) is 3.50. The molecule has 1 aliphatic heterocycles. The van der Waals surface area contributed by atoms with Crippen molar-refractivity contribution in [2.24, 2.45) is 0 Å². The third kappa shape index (κ3) is 1.91. The topological polar surface area (TPSA) is 13.6 Å². The quantitative estimate of drug-likeness (QED) is 0.608. The largest absolute Gasteiger partial charge is 0.492 e. The van der Waals surface area contributed by atoms with E-state index in [1.54, 1.807) is 0 Å². The lowest BCUT2D eigenvalue weighted by atomic mass is 9.80. The van der Waals surface area contributed by atoms with Gasteiger partial charge >= 0.3 is 0 Å². The highest BCUT2D eigenvalue weighted by Crippen LogP contribution is 2.46. The third-order valence-corrected chi connectivity index (χ3v) is 3.32. The maximum atomic E-state index is 7.22. The normalized spacial score (nSPS) is 17.2. The van der Waals surface area contributed by atoms with Gasteiger partial charge in [-0.3, -0.25) is 0 Å². The minimum atomic E-state index is 0.00516. The molecule has 90 valence electrons. The number of rotatable bonds is 0. The van der Waals surface area contributed by atoms with Crippen LogP contribution in [0.4, 0.5) is 5.69 Å².